The Labute approximate surface area is 130 Å². The SMILES string of the molecule is O=C(C[NH+]1CCCCCCC1)Nc1ccc(Cl)cc1Cl. The van der Waals surface area contributed by atoms with Crippen molar-refractivity contribution < 1.29 is 9.69 Å². The average molecular weight is 316 g/mol. The van der Waals surface area contributed by atoms with E-state index < -0.39 is 0 Å². The van der Waals surface area contributed by atoms with Gasteiger partial charge in [-0.3, -0.25) is 4.79 Å². The number of quaternary nitrogens is 1. The normalized spacial score (nSPS) is 17.3. The molecule has 0 bridgehead atoms. The lowest BCUT2D eigenvalue weighted by Crippen LogP contribution is -3.13. The molecule has 2 rings (SSSR count). The van der Waals surface area contributed by atoms with E-state index in [1.807, 2.05) is 0 Å². The van der Waals surface area contributed by atoms with Gasteiger partial charge in [0.2, 0.25) is 0 Å². The van der Waals surface area contributed by atoms with E-state index in [1.54, 1.807) is 18.2 Å². The summed E-state index contributed by atoms with van der Waals surface area (Å²) in [5.74, 6) is 0.0183. The predicted molar refractivity (Wildman–Crippen MR) is 83.7 cm³/mol. The van der Waals surface area contributed by atoms with E-state index in [0.29, 0.717) is 22.3 Å². The van der Waals surface area contributed by atoms with Gasteiger partial charge < -0.3 is 10.2 Å². The molecular weight excluding hydrogens is 295 g/mol. The smallest absolute Gasteiger partial charge is 0.279 e. The number of carbonyl (C=O) groups excluding carboxylic acids is 1. The summed E-state index contributed by atoms with van der Waals surface area (Å²) in [4.78, 5) is 13.5. The first-order valence-electron chi connectivity index (χ1n) is 7.23. The third-order valence-electron chi connectivity index (χ3n) is 3.68. The molecule has 20 heavy (non-hydrogen) atoms. The van der Waals surface area contributed by atoms with Gasteiger partial charge in [0.15, 0.2) is 6.54 Å². The van der Waals surface area contributed by atoms with Gasteiger partial charge in [-0.05, 0) is 43.9 Å². The largest absolute Gasteiger partial charge is 0.327 e. The molecule has 1 saturated heterocycles. The highest BCUT2D eigenvalue weighted by atomic mass is 35.5. The van der Waals surface area contributed by atoms with E-state index in [1.165, 1.54) is 37.0 Å². The summed E-state index contributed by atoms with van der Waals surface area (Å²) in [6.45, 7) is 2.68. The van der Waals surface area contributed by atoms with E-state index in [0.717, 1.165) is 13.1 Å². The van der Waals surface area contributed by atoms with Crippen LogP contribution in [0.1, 0.15) is 32.1 Å². The zero-order valence-corrected chi connectivity index (χ0v) is 13.1. The topological polar surface area (TPSA) is 33.5 Å². The molecule has 1 heterocycles. The summed E-state index contributed by atoms with van der Waals surface area (Å²) in [6.07, 6.45) is 6.33. The van der Waals surface area contributed by atoms with Crippen LogP contribution in [0.5, 0.6) is 0 Å². The van der Waals surface area contributed by atoms with E-state index in [2.05, 4.69) is 5.32 Å². The van der Waals surface area contributed by atoms with Crippen molar-refractivity contribution in [3.05, 3.63) is 28.2 Å². The van der Waals surface area contributed by atoms with Gasteiger partial charge in [0.25, 0.3) is 5.91 Å². The molecule has 0 aromatic heterocycles. The van der Waals surface area contributed by atoms with Crippen LogP contribution < -0.4 is 10.2 Å². The lowest BCUT2D eigenvalue weighted by atomic mass is 10.1. The molecule has 0 unspecified atom stereocenters. The third-order valence-corrected chi connectivity index (χ3v) is 4.22. The Bertz CT molecular complexity index is 457. The molecule has 1 aromatic rings. The van der Waals surface area contributed by atoms with Crippen LogP contribution in [0.2, 0.25) is 10.0 Å². The summed E-state index contributed by atoms with van der Waals surface area (Å²) in [5, 5.41) is 3.92. The number of anilines is 1. The average Bonchev–Trinajstić information content (AvgIpc) is 2.36. The summed E-state index contributed by atoms with van der Waals surface area (Å²) in [5.41, 5.74) is 0.632. The molecule has 0 radical (unpaired) electrons. The molecule has 1 amide bonds. The van der Waals surface area contributed by atoms with Crippen LogP contribution in [0.4, 0.5) is 5.69 Å². The molecule has 5 heteroatoms. The number of hydrogen-bond donors (Lipinski definition) is 2. The first-order valence-corrected chi connectivity index (χ1v) is 7.99. The molecule has 1 aliphatic heterocycles. The zero-order valence-electron chi connectivity index (χ0n) is 11.6. The molecule has 3 nitrogen and oxygen atoms in total. The lowest BCUT2D eigenvalue weighted by molar-refractivity contribution is -0.892. The Balaban J connectivity index is 1.87. The molecule has 0 saturated carbocycles. The number of halogens is 2. The molecule has 1 fully saturated rings. The van der Waals surface area contributed by atoms with Crippen LogP contribution >= 0.6 is 23.2 Å². The van der Waals surface area contributed by atoms with Gasteiger partial charge >= 0.3 is 0 Å². The highest BCUT2D eigenvalue weighted by Gasteiger charge is 2.16. The van der Waals surface area contributed by atoms with Crippen LogP contribution in [0.25, 0.3) is 0 Å². The summed E-state index contributed by atoms with van der Waals surface area (Å²) in [7, 11) is 0. The van der Waals surface area contributed by atoms with E-state index in [-0.39, 0.29) is 5.91 Å². The Morgan fingerprint density at radius 1 is 1.10 bits per heavy atom. The number of likely N-dealkylation sites (tertiary alicyclic amines) is 1. The number of hydrogen-bond acceptors (Lipinski definition) is 1. The minimum atomic E-state index is 0.0183. The third kappa shape index (κ3) is 4.97. The lowest BCUT2D eigenvalue weighted by Gasteiger charge is -2.21. The Morgan fingerprint density at radius 2 is 1.75 bits per heavy atom. The van der Waals surface area contributed by atoms with Crippen molar-refractivity contribution in [3.63, 3.8) is 0 Å². The van der Waals surface area contributed by atoms with Gasteiger partial charge in [0.1, 0.15) is 0 Å². The molecule has 1 aromatic carbocycles. The zero-order chi connectivity index (χ0) is 14.4. The van der Waals surface area contributed by atoms with Crippen molar-refractivity contribution in [2.75, 3.05) is 25.0 Å². The second-order valence-electron chi connectivity index (χ2n) is 5.37. The van der Waals surface area contributed by atoms with Crippen molar-refractivity contribution in [1.82, 2.24) is 0 Å². The fourth-order valence-corrected chi connectivity index (χ4v) is 3.05. The molecule has 0 spiro atoms. The first kappa shape index (κ1) is 15.6. The molecule has 0 aliphatic carbocycles. The number of nitrogens with one attached hydrogen (secondary N) is 2. The number of carbonyl (C=O) groups is 1. The summed E-state index contributed by atoms with van der Waals surface area (Å²) < 4.78 is 0. The molecule has 110 valence electrons. The van der Waals surface area contributed by atoms with E-state index in [9.17, 15) is 4.79 Å². The fourth-order valence-electron chi connectivity index (χ4n) is 2.59. The van der Waals surface area contributed by atoms with E-state index >= 15 is 0 Å². The Hall–Kier alpha value is -0.770. The maximum atomic E-state index is 12.1. The number of rotatable bonds is 3. The summed E-state index contributed by atoms with van der Waals surface area (Å²) >= 11 is 11.9. The van der Waals surface area contributed by atoms with Crippen molar-refractivity contribution in [3.8, 4) is 0 Å². The van der Waals surface area contributed by atoms with E-state index in [4.69, 9.17) is 23.2 Å². The van der Waals surface area contributed by atoms with Crippen molar-refractivity contribution in [2.45, 2.75) is 32.1 Å². The minimum Gasteiger partial charge on any atom is -0.327 e. The first-order chi connectivity index (χ1) is 9.65. The van der Waals surface area contributed by atoms with Gasteiger partial charge in [-0.25, -0.2) is 0 Å². The molecule has 2 N–H and O–H groups in total. The van der Waals surface area contributed by atoms with Crippen LogP contribution in [0.15, 0.2) is 18.2 Å². The van der Waals surface area contributed by atoms with Crippen molar-refractivity contribution in [2.24, 2.45) is 0 Å². The highest BCUT2D eigenvalue weighted by Crippen LogP contribution is 2.25. The maximum Gasteiger partial charge on any atom is 0.279 e. The van der Waals surface area contributed by atoms with Crippen LogP contribution in [-0.2, 0) is 4.79 Å². The van der Waals surface area contributed by atoms with Gasteiger partial charge in [-0.1, -0.05) is 29.6 Å². The number of amides is 1. The quantitative estimate of drug-likeness (QED) is 0.883. The van der Waals surface area contributed by atoms with Crippen LogP contribution in [-0.4, -0.2) is 25.5 Å². The number of benzene rings is 1. The van der Waals surface area contributed by atoms with Gasteiger partial charge in [-0.2, -0.15) is 0 Å². The fraction of sp³-hybridized carbons (Fsp3) is 0.533. The Kier molecular flexibility index (Phi) is 6.14. The van der Waals surface area contributed by atoms with Crippen molar-refractivity contribution >= 4 is 34.8 Å². The standard InChI is InChI=1S/C15H20Cl2N2O/c16-12-6-7-14(13(17)10-12)18-15(20)11-19-8-4-2-1-3-5-9-19/h6-7,10H,1-5,8-9,11H2,(H,18,20)/p+1. The Morgan fingerprint density at radius 3 is 2.40 bits per heavy atom. The van der Waals surface area contributed by atoms with Crippen molar-refractivity contribution in [1.29, 1.82) is 0 Å². The van der Waals surface area contributed by atoms with Crippen LogP contribution in [0.3, 0.4) is 0 Å². The van der Waals surface area contributed by atoms with Gasteiger partial charge in [0, 0.05) is 5.02 Å². The monoisotopic (exact) mass is 315 g/mol. The maximum absolute atomic E-state index is 12.1. The second kappa shape index (κ2) is 7.87. The minimum absolute atomic E-state index is 0.0183. The van der Waals surface area contributed by atoms with Gasteiger partial charge in [-0.15, -0.1) is 0 Å². The second-order valence-corrected chi connectivity index (χ2v) is 6.21. The highest BCUT2D eigenvalue weighted by molar-refractivity contribution is 6.36. The molecular formula is C15H21Cl2N2O+. The predicted octanol–water partition coefficient (Wildman–Crippen LogP) is 2.78. The van der Waals surface area contributed by atoms with Gasteiger partial charge in [0.05, 0.1) is 23.8 Å². The van der Waals surface area contributed by atoms with Crippen LogP contribution in [0, 0.1) is 0 Å². The summed E-state index contributed by atoms with van der Waals surface area (Å²) in [6, 6.07) is 5.11. The molecule has 0 atom stereocenters. The molecule has 1 aliphatic rings.